The van der Waals surface area contributed by atoms with Gasteiger partial charge in [0.1, 0.15) is 5.82 Å². The highest BCUT2D eigenvalue weighted by Crippen LogP contribution is 2.34. The number of fused-ring (bicyclic) bond motifs is 1. The van der Waals surface area contributed by atoms with Gasteiger partial charge in [-0.15, -0.1) is 11.8 Å². The van der Waals surface area contributed by atoms with Gasteiger partial charge in [-0.25, -0.2) is 4.39 Å². The molecule has 3 nitrogen and oxygen atoms in total. The molecule has 0 radical (unpaired) electrons. The average molecular weight is 383 g/mol. The summed E-state index contributed by atoms with van der Waals surface area (Å²) < 4.78 is 13.0. The summed E-state index contributed by atoms with van der Waals surface area (Å²) in [6, 6.07) is 13.7. The Hall–Kier alpha value is -2.14. The Bertz CT molecular complexity index is 809. The predicted molar refractivity (Wildman–Crippen MR) is 104 cm³/mol. The molecule has 2 aromatic rings. The lowest BCUT2D eigenvalue weighted by molar-refractivity contribution is 0.0612. The van der Waals surface area contributed by atoms with Gasteiger partial charge in [-0.05, 0) is 73.9 Å². The fraction of sp³-hybridized carbons (Fsp3) is 0.364. The fourth-order valence-electron chi connectivity index (χ4n) is 3.99. The van der Waals surface area contributed by atoms with Gasteiger partial charge in [-0.2, -0.15) is 0 Å². The zero-order chi connectivity index (χ0) is 18.8. The summed E-state index contributed by atoms with van der Waals surface area (Å²) in [6.07, 6.45) is 4.31. The van der Waals surface area contributed by atoms with E-state index in [0.29, 0.717) is 29.5 Å². The van der Waals surface area contributed by atoms with E-state index in [4.69, 9.17) is 0 Å². The van der Waals surface area contributed by atoms with Gasteiger partial charge in [0.25, 0.3) is 11.8 Å². The normalized spacial score (nSPS) is 22.2. The van der Waals surface area contributed by atoms with E-state index in [1.807, 2.05) is 12.1 Å². The SMILES string of the molecule is O=C1c2ccccc2C(=O)N1CC1CCC(CSc2ccc(F)cc2)CC1. The summed E-state index contributed by atoms with van der Waals surface area (Å²) in [5.74, 6) is 1.56. The number of benzene rings is 2. The number of carbonyl (C=O) groups is 2. The number of halogens is 1. The Morgan fingerprint density at radius 2 is 1.41 bits per heavy atom. The molecule has 0 unspecified atom stereocenters. The molecular weight excluding hydrogens is 361 g/mol. The second-order valence-electron chi connectivity index (χ2n) is 7.42. The first-order valence-corrected chi connectivity index (χ1v) is 10.4. The van der Waals surface area contributed by atoms with E-state index in [1.54, 1.807) is 36.0 Å². The van der Waals surface area contributed by atoms with Crippen LogP contribution in [-0.2, 0) is 0 Å². The molecule has 1 aliphatic carbocycles. The van der Waals surface area contributed by atoms with Crippen molar-refractivity contribution in [2.75, 3.05) is 12.3 Å². The van der Waals surface area contributed by atoms with Gasteiger partial charge in [0, 0.05) is 17.2 Å². The van der Waals surface area contributed by atoms with E-state index in [0.717, 1.165) is 36.3 Å². The Morgan fingerprint density at radius 1 is 0.852 bits per heavy atom. The number of imide groups is 1. The van der Waals surface area contributed by atoms with E-state index < -0.39 is 0 Å². The molecule has 0 atom stereocenters. The highest BCUT2D eigenvalue weighted by molar-refractivity contribution is 7.99. The van der Waals surface area contributed by atoms with Crippen molar-refractivity contribution >= 4 is 23.6 Å². The van der Waals surface area contributed by atoms with Crippen LogP contribution in [-0.4, -0.2) is 29.0 Å². The van der Waals surface area contributed by atoms with E-state index >= 15 is 0 Å². The molecule has 4 rings (SSSR count). The second-order valence-corrected chi connectivity index (χ2v) is 8.51. The van der Waals surface area contributed by atoms with Crippen LogP contribution in [0.4, 0.5) is 4.39 Å². The minimum Gasteiger partial charge on any atom is -0.274 e. The minimum atomic E-state index is -0.201. The van der Waals surface area contributed by atoms with Crippen molar-refractivity contribution in [3.05, 3.63) is 65.5 Å². The molecule has 1 saturated carbocycles. The van der Waals surface area contributed by atoms with Gasteiger partial charge in [0.15, 0.2) is 0 Å². The third-order valence-corrected chi connectivity index (χ3v) is 6.83. The summed E-state index contributed by atoms with van der Waals surface area (Å²) in [6.45, 7) is 0.532. The fourth-order valence-corrected chi connectivity index (χ4v) is 5.08. The highest BCUT2D eigenvalue weighted by Gasteiger charge is 2.36. The molecule has 140 valence electrons. The summed E-state index contributed by atoms with van der Waals surface area (Å²) in [7, 11) is 0. The van der Waals surface area contributed by atoms with Crippen LogP contribution in [0.3, 0.4) is 0 Å². The van der Waals surface area contributed by atoms with Crippen LogP contribution in [0.2, 0.25) is 0 Å². The van der Waals surface area contributed by atoms with Crippen molar-refractivity contribution in [1.29, 1.82) is 0 Å². The van der Waals surface area contributed by atoms with Crippen LogP contribution in [0.1, 0.15) is 46.4 Å². The number of amides is 2. The monoisotopic (exact) mass is 383 g/mol. The van der Waals surface area contributed by atoms with Crippen molar-refractivity contribution in [3.8, 4) is 0 Å². The minimum absolute atomic E-state index is 0.149. The highest BCUT2D eigenvalue weighted by atomic mass is 32.2. The Labute approximate surface area is 162 Å². The van der Waals surface area contributed by atoms with Crippen molar-refractivity contribution in [2.24, 2.45) is 11.8 Å². The topological polar surface area (TPSA) is 37.4 Å². The number of thioether (sulfide) groups is 1. The molecule has 2 aliphatic rings. The van der Waals surface area contributed by atoms with E-state index in [9.17, 15) is 14.0 Å². The smallest absolute Gasteiger partial charge is 0.261 e. The molecule has 0 N–H and O–H groups in total. The summed E-state index contributed by atoms with van der Waals surface area (Å²) in [4.78, 5) is 27.5. The van der Waals surface area contributed by atoms with Gasteiger partial charge < -0.3 is 0 Å². The largest absolute Gasteiger partial charge is 0.274 e. The molecular formula is C22H22FNO2S. The maximum absolute atomic E-state index is 13.0. The van der Waals surface area contributed by atoms with Crippen LogP contribution in [0.15, 0.2) is 53.4 Å². The summed E-state index contributed by atoms with van der Waals surface area (Å²) >= 11 is 1.78. The van der Waals surface area contributed by atoms with Crippen LogP contribution < -0.4 is 0 Å². The quantitative estimate of drug-likeness (QED) is 0.537. The molecule has 1 aliphatic heterocycles. The van der Waals surface area contributed by atoms with Gasteiger partial charge >= 0.3 is 0 Å². The summed E-state index contributed by atoms with van der Waals surface area (Å²) in [5, 5.41) is 0. The van der Waals surface area contributed by atoms with Gasteiger partial charge in [-0.3, -0.25) is 14.5 Å². The number of hydrogen-bond acceptors (Lipinski definition) is 3. The molecule has 0 spiro atoms. The molecule has 0 saturated heterocycles. The van der Waals surface area contributed by atoms with Crippen molar-refractivity contribution < 1.29 is 14.0 Å². The number of nitrogens with zero attached hydrogens (tertiary/aromatic N) is 1. The van der Waals surface area contributed by atoms with E-state index in [1.165, 1.54) is 17.0 Å². The third-order valence-electron chi connectivity index (χ3n) is 5.58. The Morgan fingerprint density at radius 3 is 2.00 bits per heavy atom. The Kier molecular flexibility index (Phi) is 5.30. The molecule has 2 aromatic carbocycles. The number of rotatable bonds is 5. The predicted octanol–water partition coefficient (Wildman–Crippen LogP) is 5.02. The maximum Gasteiger partial charge on any atom is 0.261 e. The average Bonchev–Trinajstić information content (AvgIpc) is 2.94. The zero-order valence-corrected chi connectivity index (χ0v) is 15.9. The third kappa shape index (κ3) is 3.93. The lowest BCUT2D eigenvalue weighted by Gasteiger charge is -2.30. The van der Waals surface area contributed by atoms with E-state index in [2.05, 4.69) is 0 Å². The van der Waals surface area contributed by atoms with Gasteiger partial charge in [0.05, 0.1) is 11.1 Å². The van der Waals surface area contributed by atoms with Crippen LogP contribution in [0.25, 0.3) is 0 Å². The molecule has 0 bridgehead atoms. The first-order chi connectivity index (χ1) is 13.1. The summed E-state index contributed by atoms with van der Waals surface area (Å²) in [5.41, 5.74) is 1.07. The first-order valence-electron chi connectivity index (χ1n) is 9.45. The van der Waals surface area contributed by atoms with Crippen LogP contribution >= 0.6 is 11.8 Å². The molecule has 1 heterocycles. The molecule has 27 heavy (non-hydrogen) atoms. The lowest BCUT2D eigenvalue weighted by Crippen LogP contribution is -2.36. The van der Waals surface area contributed by atoms with Gasteiger partial charge in [-0.1, -0.05) is 12.1 Å². The van der Waals surface area contributed by atoms with Crippen molar-refractivity contribution in [1.82, 2.24) is 4.90 Å². The molecule has 2 amide bonds. The van der Waals surface area contributed by atoms with Gasteiger partial charge in [0.2, 0.25) is 0 Å². The van der Waals surface area contributed by atoms with Crippen molar-refractivity contribution in [2.45, 2.75) is 30.6 Å². The molecule has 0 aromatic heterocycles. The Balaban J connectivity index is 1.27. The van der Waals surface area contributed by atoms with Crippen LogP contribution in [0.5, 0.6) is 0 Å². The number of hydrogen-bond donors (Lipinski definition) is 0. The maximum atomic E-state index is 13.0. The standard InChI is InChI=1S/C22H22FNO2S/c23-17-9-11-18(12-10-17)27-14-16-7-5-15(6-8-16)13-24-21(25)19-3-1-2-4-20(19)22(24)26/h1-4,9-12,15-16H,5-8,13-14H2. The second kappa shape index (κ2) is 7.85. The van der Waals surface area contributed by atoms with E-state index in [-0.39, 0.29) is 17.6 Å². The molecule has 1 fully saturated rings. The molecule has 5 heteroatoms. The van der Waals surface area contributed by atoms with Crippen LogP contribution in [0, 0.1) is 17.7 Å². The first kappa shape index (κ1) is 18.2. The lowest BCUT2D eigenvalue weighted by atomic mass is 9.82. The van der Waals surface area contributed by atoms with Crippen molar-refractivity contribution in [3.63, 3.8) is 0 Å². The number of carbonyl (C=O) groups excluding carboxylic acids is 2. The zero-order valence-electron chi connectivity index (χ0n) is 15.1.